The van der Waals surface area contributed by atoms with E-state index in [4.69, 9.17) is 9.47 Å². The molecule has 0 aliphatic rings. The second kappa shape index (κ2) is 8.90. The maximum absolute atomic E-state index is 12.1. The number of urea groups is 1. The first-order valence-corrected chi connectivity index (χ1v) is 8.92. The number of hydrogen-bond acceptors (Lipinski definition) is 5. The summed E-state index contributed by atoms with van der Waals surface area (Å²) < 4.78 is 10.4. The number of nitrogens with one attached hydrogen (secondary N) is 3. The molecule has 1 heterocycles. The predicted octanol–water partition coefficient (Wildman–Crippen LogP) is 3.22. The fourth-order valence-electron chi connectivity index (χ4n) is 2.69. The summed E-state index contributed by atoms with van der Waals surface area (Å²) in [6.07, 6.45) is -0.186. The van der Waals surface area contributed by atoms with Crippen molar-refractivity contribution >= 4 is 28.7 Å². The van der Waals surface area contributed by atoms with Crippen LogP contribution in [0.15, 0.2) is 48.5 Å². The van der Waals surface area contributed by atoms with Crippen LogP contribution in [0.25, 0.3) is 10.9 Å². The smallest absolute Gasteiger partial charge is 0.347 e. The first kappa shape index (κ1) is 19.2. The van der Waals surface area contributed by atoms with E-state index in [2.05, 4.69) is 20.8 Å². The van der Waals surface area contributed by atoms with Gasteiger partial charge in [0.1, 0.15) is 5.75 Å². The fourth-order valence-corrected chi connectivity index (χ4v) is 2.69. The highest BCUT2D eigenvalue weighted by atomic mass is 16.6. The van der Waals surface area contributed by atoms with Crippen molar-refractivity contribution in [3.8, 4) is 5.75 Å². The number of methoxy groups -OCH3 is 1. The normalized spacial score (nSPS) is 11.6. The van der Waals surface area contributed by atoms with Gasteiger partial charge in [0.2, 0.25) is 0 Å². The molecule has 3 rings (SSSR count). The molecule has 1 aromatic heterocycles. The molecule has 0 aliphatic carbocycles. The van der Waals surface area contributed by atoms with E-state index in [0.29, 0.717) is 30.0 Å². The largest absolute Gasteiger partial charge is 0.479 e. The van der Waals surface area contributed by atoms with Crippen molar-refractivity contribution in [1.82, 2.24) is 15.5 Å². The van der Waals surface area contributed by atoms with Crippen LogP contribution in [0, 0.1) is 0 Å². The van der Waals surface area contributed by atoms with Gasteiger partial charge in [-0.1, -0.05) is 37.3 Å². The first-order chi connectivity index (χ1) is 13.6. The molecule has 0 spiro atoms. The molecule has 3 N–H and O–H groups in total. The van der Waals surface area contributed by atoms with Crippen molar-refractivity contribution < 1.29 is 19.1 Å². The highest BCUT2D eigenvalue weighted by molar-refractivity contribution is 5.99. The van der Waals surface area contributed by atoms with Crippen LogP contribution >= 0.6 is 0 Å². The average Bonchev–Trinajstić information content (AvgIpc) is 3.12. The average molecular weight is 382 g/mol. The van der Waals surface area contributed by atoms with E-state index in [-0.39, 0.29) is 6.03 Å². The highest BCUT2D eigenvalue weighted by Gasteiger charge is 2.19. The summed E-state index contributed by atoms with van der Waals surface area (Å²) in [7, 11) is 1.33. The summed E-state index contributed by atoms with van der Waals surface area (Å²) >= 11 is 0. The van der Waals surface area contributed by atoms with Crippen molar-refractivity contribution in [3.05, 3.63) is 54.1 Å². The molecule has 8 nitrogen and oxygen atoms in total. The Kier molecular flexibility index (Phi) is 6.11. The molecular weight excluding hydrogens is 360 g/mol. The Balaban J connectivity index is 1.65. The van der Waals surface area contributed by atoms with Gasteiger partial charge in [-0.05, 0) is 24.1 Å². The Morgan fingerprint density at radius 3 is 2.68 bits per heavy atom. The SMILES string of the molecule is CCC(Oc1ccc2c(NC(=O)NCc3ccccc3)n[nH]c2c1)C(=O)OC. The van der Waals surface area contributed by atoms with Gasteiger partial charge in [-0.25, -0.2) is 9.59 Å². The number of fused-ring (bicyclic) bond motifs is 1. The Bertz CT molecular complexity index is 955. The van der Waals surface area contributed by atoms with Gasteiger partial charge < -0.3 is 14.8 Å². The quantitative estimate of drug-likeness (QED) is 0.544. The number of aromatic amines is 1. The van der Waals surface area contributed by atoms with Gasteiger partial charge in [-0.3, -0.25) is 10.4 Å². The van der Waals surface area contributed by atoms with E-state index in [9.17, 15) is 9.59 Å². The minimum atomic E-state index is -0.674. The zero-order chi connectivity index (χ0) is 19.9. The molecule has 146 valence electrons. The number of esters is 1. The van der Waals surface area contributed by atoms with Crippen LogP contribution in [-0.2, 0) is 16.1 Å². The van der Waals surface area contributed by atoms with Crippen LogP contribution in [0.1, 0.15) is 18.9 Å². The van der Waals surface area contributed by atoms with Gasteiger partial charge in [-0.15, -0.1) is 0 Å². The van der Waals surface area contributed by atoms with Crippen LogP contribution < -0.4 is 15.4 Å². The number of aromatic nitrogens is 2. The zero-order valence-electron chi connectivity index (χ0n) is 15.7. The van der Waals surface area contributed by atoms with Gasteiger partial charge in [0.15, 0.2) is 11.9 Å². The van der Waals surface area contributed by atoms with Gasteiger partial charge in [-0.2, -0.15) is 5.10 Å². The minimum Gasteiger partial charge on any atom is -0.479 e. The monoisotopic (exact) mass is 382 g/mol. The lowest BCUT2D eigenvalue weighted by molar-refractivity contribution is -0.148. The highest BCUT2D eigenvalue weighted by Crippen LogP contribution is 2.25. The maximum atomic E-state index is 12.1. The summed E-state index contributed by atoms with van der Waals surface area (Å²) in [5.41, 5.74) is 1.68. The molecule has 3 aromatic rings. The number of anilines is 1. The van der Waals surface area contributed by atoms with Gasteiger partial charge in [0, 0.05) is 18.0 Å². The number of hydrogen-bond donors (Lipinski definition) is 3. The van der Waals surface area contributed by atoms with Crippen molar-refractivity contribution in [2.45, 2.75) is 26.0 Å². The topological polar surface area (TPSA) is 105 Å². The number of carbonyl (C=O) groups is 2. The van der Waals surface area contributed by atoms with Crippen molar-refractivity contribution in [1.29, 1.82) is 0 Å². The Labute approximate surface area is 162 Å². The third-order valence-electron chi connectivity index (χ3n) is 4.18. The Morgan fingerprint density at radius 1 is 1.18 bits per heavy atom. The van der Waals surface area contributed by atoms with Crippen molar-refractivity contribution in [3.63, 3.8) is 0 Å². The molecular formula is C20H22N4O4. The van der Waals surface area contributed by atoms with Crippen LogP contribution in [0.5, 0.6) is 5.75 Å². The number of H-pyrrole nitrogens is 1. The minimum absolute atomic E-state index is 0.352. The Morgan fingerprint density at radius 2 is 1.96 bits per heavy atom. The van der Waals surface area contributed by atoms with Crippen LogP contribution in [0.2, 0.25) is 0 Å². The van der Waals surface area contributed by atoms with Crippen molar-refractivity contribution in [2.75, 3.05) is 12.4 Å². The molecule has 28 heavy (non-hydrogen) atoms. The lowest BCUT2D eigenvalue weighted by Crippen LogP contribution is -2.28. The number of carbonyl (C=O) groups excluding carboxylic acids is 2. The predicted molar refractivity (Wildman–Crippen MR) is 105 cm³/mol. The zero-order valence-corrected chi connectivity index (χ0v) is 15.7. The molecule has 0 bridgehead atoms. The molecule has 0 saturated heterocycles. The molecule has 8 heteroatoms. The fraction of sp³-hybridized carbons (Fsp3) is 0.250. The molecule has 0 radical (unpaired) electrons. The summed E-state index contributed by atoms with van der Waals surface area (Å²) in [5.74, 6) is 0.491. The first-order valence-electron chi connectivity index (χ1n) is 8.92. The van der Waals surface area contributed by atoms with E-state index in [0.717, 1.165) is 10.9 Å². The lowest BCUT2D eigenvalue weighted by Gasteiger charge is -2.15. The van der Waals surface area contributed by atoms with E-state index < -0.39 is 12.1 Å². The van der Waals surface area contributed by atoms with E-state index in [1.165, 1.54) is 7.11 Å². The number of benzene rings is 2. The number of ether oxygens (including phenoxy) is 2. The number of nitrogens with zero attached hydrogens (tertiary/aromatic N) is 1. The third kappa shape index (κ3) is 4.59. The third-order valence-corrected chi connectivity index (χ3v) is 4.18. The summed E-state index contributed by atoms with van der Waals surface area (Å²) in [4.78, 5) is 23.8. The molecule has 0 fully saturated rings. The molecule has 2 aromatic carbocycles. The summed E-state index contributed by atoms with van der Waals surface area (Å²) in [6.45, 7) is 2.26. The van der Waals surface area contributed by atoms with E-state index >= 15 is 0 Å². The number of amides is 2. The maximum Gasteiger partial charge on any atom is 0.347 e. The second-order valence-electron chi connectivity index (χ2n) is 6.11. The lowest BCUT2D eigenvalue weighted by atomic mass is 10.2. The molecule has 1 atom stereocenters. The summed E-state index contributed by atoms with van der Waals surface area (Å²) in [5, 5.41) is 13.2. The number of rotatable bonds is 7. The van der Waals surface area contributed by atoms with Crippen LogP contribution in [0.4, 0.5) is 10.6 Å². The molecule has 0 aliphatic heterocycles. The van der Waals surface area contributed by atoms with Crippen LogP contribution in [0.3, 0.4) is 0 Å². The Hall–Kier alpha value is -3.55. The molecule has 2 amide bonds. The van der Waals surface area contributed by atoms with Gasteiger partial charge >= 0.3 is 12.0 Å². The van der Waals surface area contributed by atoms with Gasteiger partial charge in [0.25, 0.3) is 0 Å². The van der Waals surface area contributed by atoms with Crippen molar-refractivity contribution in [2.24, 2.45) is 0 Å². The van der Waals surface area contributed by atoms with Crippen LogP contribution in [-0.4, -0.2) is 35.4 Å². The van der Waals surface area contributed by atoms with E-state index in [1.807, 2.05) is 37.3 Å². The van der Waals surface area contributed by atoms with Gasteiger partial charge in [0.05, 0.1) is 12.6 Å². The molecule has 1 unspecified atom stereocenters. The standard InChI is InChI=1S/C20H22N4O4/c1-3-17(19(25)27-2)28-14-9-10-15-16(11-14)23-24-18(15)22-20(26)21-12-13-7-5-4-6-8-13/h4-11,17H,3,12H2,1-2H3,(H3,21,22,23,24,26). The van der Waals surface area contributed by atoms with E-state index in [1.54, 1.807) is 18.2 Å². The second-order valence-corrected chi connectivity index (χ2v) is 6.11. The summed E-state index contributed by atoms with van der Waals surface area (Å²) in [6, 6.07) is 14.5. The molecule has 0 saturated carbocycles.